The molecule has 1 aromatic rings. The van der Waals surface area contributed by atoms with Gasteiger partial charge in [0.2, 0.25) is 6.79 Å². The minimum atomic E-state index is 0.317. The molecule has 2 heterocycles. The summed E-state index contributed by atoms with van der Waals surface area (Å²) in [4.78, 5) is 6.67. The van der Waals surface area contributed by atoms with Gasteiger partial charge in [-0.2, -0.15) is 0 Å². The molecule has 18 heavy (non-hydrogen) atoms. The average molecular weight is 244 g/mol. The van der Waals surface area contributed by atoms with Crippen molar-refractivity contribution in [2.75, 3.05) is 26.9 Å². The van der Waals surface area contributed by atoms with Crippen LogP contribution in [0.2, 0.25) is 0 Å². The van der Waals surface area contributed by atoms with Gasteiger partial charge >= 0.3 is 0 Å². The topological polar surface area (TPSA) is 34.1 Å². The number of amidine groups is 1. The van der Waals surface area contributed by atoms with Crippen LogP contribution in [-0.4, -0.2) is 37.7 Å². The highest BCUT2D eigenvalue weighted by Gasteiger charge is 2.12. The Balaban J connectivity index is 1.78. The third kappa shape index (κ3) is 2.18. The molecule has 3 rings (SSSR count). The van der Waals surface area contributed by atoms with Gasteiger partial charge in [0.1, 0.15) is 5.84 Å². The molecule has 0 saturated heterocycles. The number of hydrogen-bond donors (Lipinski definition) is 0. The molecule has 4 heteroatoms. The molecule has 0 spiro atoms. The minimum Gasteiger partial charge on any atom is -0.454 e. The number of ether oxygens (including phenoxy) is 2. The fraction of sp³-hybridized carbons (Fsp3) is 0.357. The van der Waals surface area contributed by atoms with Gasteiger partial charge in [-0.05, 0) is 30.2 Å². The van der Waals surface area contributed by atoms with Crippen LogP contribution in [0, 0.1) is 0 Å². The lowest BCUT2D eigenvalue weighted by atomic mass is 10.2. The van der Waals surface area contributed by atoms with Crippen LogP contribution in [0.25, 0.3) is 6.08 Å². The first-order valence-corrected chi connectivity index (χ1v) is 6.16. The van der Waals surface area contributed by atoms with Gasteiger partial charge in [-0.15, -0.1) is 0 Å². The van der Waals surface area contributed by atoms with Crippen LogP contribution in [0.3, 0.4) is 0 Å². The lowest BCUT2D eigenvalue weighted by molar-refractivity contribution is 0.174. The highest BCUT2D eigenvalue weighted by Crippen LogP contribution is 2.32. The summed E-state index contributed by atoms with van der Waals surface area (Å²) in [5, 5.41) is 0. The van der Waals surface area contributed by atoms with E-state index < -0.39 is 0 Å². The summed E-state index contributed by atoms with van der Waals surface area (Å²) in [7, 11) is 2.07. The van der Waals surface area contributed by atoms with Gasteiger partial charge in [0.25, 0.3) is 0 Å². The number of hydrogen-bond acceptors (Lipinski definition) is 4. The van der Waals surface area contributed by atoms with Gasteiger partial charge in [0.05, 0.1) is 0 Å². The third-order valence-electron chi connectivity index (χ3n) is 3.14. The Morgan fingerprint density at radius 1 is 1.22 bits per heavy atom. The van der Waals surface area contributed by atoms with Crippen molar-refractivity contribution in [3.05, 3.63) is 29.8 Å². The number of likely N-dealkylation sites (N-methyl/N-ethyl adjacent to an activating group) is 1. The fourth-order valence-corrected chi connectivity index (χ4v) is 2.10. The van der Waals surface area contributed by atoms with Gasteiger partial charge in [0.15, 0.2) is 11.5 Å². The van der Waals surface area contributed by atoms with Crippen LogP contribution in [0.15, 0.2) is 29.3 Å². The van der Waals surface area contributed by atoms with Crippen molar-refractivity contribution in [2.45, 2.75) is 6.42 Å². The number of nitrogens with zero attached hydrogens (tertiary/aromatic N) is 2. The molecule has 0 aliphatic carbocycles. The van der Waals surface area contributed by atoms with E-state index in [1.54, 1.807) is 0 Å². The number of rotatable bonds is 2. The zero-order valence-corrected chi connectivity index (χ0v) is 10.4. The Morgan fingerprint density at radius 2 is 2.11 bits per heavy atom. The van der Waals surface area contributed by atoms with Crippen molar-refractivity contribution in [3.8, 4) is 11.5 Å². The maximum absolute atomic E-state index is 5.36. The van der Waals surface area contributed by atoms with Gasteiger partial charge in [-0.25, -0.2) is 0 Å². The smallest absolute Gasteiger partial charge is 0.231 e. The molecule has 0 bridgehead atoms. The number of aliphatic imine (C=N–C) groups is 1. The average Bonchev–Trinajstić information content (AvgIpc) is 2.85. The predicted octanol–water partition coefficient (Wildman–Crippen LogP) is 2.16. The second-order valence-electron chi connectivity index (χ2n) is 4.46. The zero-order chi connectivity index (χ0) is 12.4. The van der Waals surface area contributed by atoms with E-state index in [1.807, 2.05) is 18.2 Å². The molecule has 94 valence electrons. The number of benzene rings is 1. The first-order chi connectivity index (χ1) is 8.83. The quantitative estimate of drug-likeness (QED) is 0.799. The summed E-state index contributed by atoms with van der Waals surface area (Å²) in [6.45, 7) is 2.31. The molecule has 0 N–H and O–H groups in total. The molecule has 0 aromatic heterocycles. The van der Waals surface area contributed by atoms with Gasteiger partial charge in [-0.1, -0.05) is 12.1 Å². The standard InChI is InChI=1S/C14H16N2O2/c1-16-8-2-7-15-14(16)6-4-11-3-5-12-13(9-11)18-10-17-12/h3-6,9H,2,7-8,10H2,1H3/b6-4-. The highest BCUT2D eigenvalue weighted by molar-refractivity contribution is 5.96. The van der Waals surface area contributed by atoms with Crippen molar-refractivity contribution in [1.29, 1.82) is 0 Å². The Morgan fingerprint density at radius 3 is 3.00 bits per heavy atom. The van der Waals surface area contributed by atoms with E-state index in [4.69, 9.17) is 9.47 Å². The second-order valence-corrected chi connectivity index (χ2v) is 4.46. The Hall–Kier alpha value is -1.97. The van der Waals surface area contributed by atoms with Crippen LogP contribution >= 0.6 is 0 Å². The molecule has 2 aliphatic heterocycles. The van der Waals surface area contributed by atoms with E-state index in [-0.39, 0.29) is 0 Å². The third-order valence-corrected chi connectivity index (χ3v) is 3.14. The maximum Gasteiger partial charge on any atom is 0.231 e. The van der Waals surface area contributed by atoms with E-state index in [9.17, 15) is 0 Å². The van der Waals surface area contributed by atoms with E-state index in [0.29, 0.717) is 6.79 Å². The SMILES string of the molecule is CN1CCCN=C1/C=C\c1ccc2c(c1)OCO2. The largest absolute Gasteiger partial charge is 0.454 e. The first-order valence-electron chi connectivity index (χ1n) is 6.16. The van der Waals surface area contributed by atoms with Gasteiger partial charge in [-0.3, -0.25) is 4.99 Å². The number of fused-ring (bicyclic) bond motifs is 1. The van der Waals surface area contributed by atoms with Crippen molar-refractivity contribution in [2.24, 2.45) is 4.99 Å². The minimum absolute atomic E-state index is 0.317. The summed E-state index contributed by atoms with van der Waals surface area (Å²) in [6.07, 6.45) is 5.25. The zero-order valence-electron chi connectivity index (χ0n) is 10.4. The van der Waals surface area contributed by atoms with Gasteiger partial charge in [0, 0.05) is 20.1 Å². The fourth-order valence-electron chi connectivity index (χ4n) is 2.10. The van der Waals surface area contributed by atoms with Crippen LogP contribution in [0.4, 0.5) is 0 Å². The van der Waals surface area contributed by atoms with Crippen LogP contribution in [-0.2, 0) is 0 Å². The van der Waals surface area contributed by atoms with Gasteiger partial charge < -0.3 is 14.4 Å². The molecule has 4 nitrogen and oxygen atoms in total. The molecular weight excluding hydrogens is 228 g/mol. The van der Waals surface area contributed by atoms with Crippen LogP contribution < -0.4 is 9.47 Å². The molecular formula is C14H16N2O2. The first kappa shape index (κ1) is 11.1. The van der Waals surface area contributed by atoms with E-state index >= 15 is 0 Å². The van der Waals surface area contributed by atoms with Crippen LogP contribution in [0.5, 0.6) is 11.5 Å². The summed E-state index contributed by atoms with van der Waals surface area (Å²) in [5.41, 5.74) is 1.10. The van der Waals surface area contributed by atoms with Crippen molar-refractivity contribution in [1.82, 2.24) is 4.90 Å². The molecule has 0 atom stereocenters. The van der Waals surface area contributed by atoms with Crippen molar-refractivity contribution >= 4 is 11.9 Å². The summed E-state index contributed by atoms with van der Waals surface area (Å²) < 4.78 is 10.6. The van der Waals surface area contributed by atoms with E-state index in [2.05, 4.69) is 29.1 Å². The highest BCUT2D eigenvalue weighted by atomic mass is 16.7. The van der Waals surface area contributed by atoms with E-state index in [0.717, 1.165) is 42.4 Å². The molecule has 1 aromatic carbocycles. The molecule has 0 unspecified atom stereocenters. The summed E-state index contributed by atoms with van der Waals surface area (Å²) in [6, 6.07) is 5.95. The maximum atomic E-state index is 5.36. The van der Waals surface area contributed by atoms with Crippen LogP contribution in [0.1, 0.15) is 12.0 Å². The van der Waals surface area contributed by atoms with E-state index in [1.165, 1.54) is 0 Å². The van der Waals surface area contributed by atoms with Crippen molar-refractivity contribution in [3.63, 3.8) is 0 Å². The Labute approximate surface area is 107 Å². The predicted molar refractivity (Wildman–Crippen MR) is 71.1 cm³/mol. The summed E-state index contributed by atoms with van der Waals surface area (Å²) >= 11 is 0. The van der Waals surface area contributed by atoms with Crippen molar-refractivity contribution < 1.29 is 9.47 Å². The molecule has 0 radical (unpaired) electrons. The second kappa shape index (κ2) is 4.72. The normalized spacial score (nSPS) is 18.3. The molecule has 0 amide bonds. The monoisotopic (exact) mass is 244 g/mol. The summed E-state index contributed by atoms with van der Waals surface area (Å²) in [5.74, 6) is 2.68. The Kier molecular flexibility index (Phi) is 2.92. The molecule has 0 fully saturated rings. The lowest BCUT2D eigenvalue weighted by Crippen LogP contribution is -2.30. The Bertz CT molecular complexity index is 509. The molecule has 0 saturated carbocycles. The lowest BCUT2D eigenvalue weighted by Gasteiger charge is -2.22. The molecule has 2 aliphatic rings.